The van der Waals surface area contributed by atoms with Crippen LogP contribution in [0.3, 0.4) is 0 Å². The first kappa shape index (κ1) is 23.0. The van der Waals surface area contributed by atoms with Crippen molar-refractivity contribution in [3.8, 4) is 17.2 Å². The minimum absolute atomic E-state index is 0.0509. The number of carbonyl (C=O) groups is 2. The Hall–Kier alpha value is -4.20. The van der Waals surface area contributed by atoms with Gasteiger partial charge in [0.1, 0.15) is 34.3 Å². The maximum atomic E-state index is 13.3. The van der Waals surface area contributed by atoms with Crippen molar-refractivity contribution in [1.29, 1.82) is 0 Å². The second kappa shape index (κ2) is 9.74. The second-order valence-electron chi connectivity index (χ2n) is 7.55. The highest BCUT2D eigenvalue weighted by Gasteiger charge is 2.47. The van der Waals surface area contributed by atoms with E-state index in [1.165, 1.54) is 25.4 Å². The first-order valence-corrected chi connectivity index (χ1v) is 10.7. The van der Waals surface area contributed by atoms with Crippen LogP contribution in [0.5, 0.6) is 17.2 Å². The lowest BCUT2D eigenvalue weighted by molar-refractivity contribution is -0.140. The van der Waals surface area contributed by atoms with Crippen molar-refractivity contribution in [2.75, 3.05) is 20.8 Å². The number of ketones is 1. The van der Waals surface area contributed by atoms with Crippen molar-refractivity contribution in [1.82, 2.24) is 4.90 Å². The maximum absolute atomic E-state index is 13.3. The molecule has 1 fully saturated rings. The predicted molar refractivity (Wildman–Crippen MR) is 124 cm³/mol. The van der Waals surface area contributed by atoms with Crippen LogP contribution < -0.4 is 14.2 Å². The summed E-state index contributed by atoms with van der Waals surface area (Å²) >= 11 is 0. The van der Waals surface area contributed by atoms with Gasteiger partial charge in [-0.3, -0.25) is 9.59 Å². The molecule has 8 heteroatoms. The van der Waals surface area contributed by atoms with Gasteiger partial charge in [0.15, 0.2) is 0 Å². The number of hydrogen-bond donors (Lipinski definition) is 1. The molecule has 1 amide bonds. The number of Topliss-reactive ketones (excluding diaryl/α,β-unsaturated/α-hetero) is 1. The fourth-order valence-corrected chi connectivity index (χ4v) is 4.09. The van der Waals surface area contributed by atoms with Crippen LogP contribution in [-0.4, -0.2) is 42.5 Å². The quantitative estimate of drug-likeness (QED) is 0.302. The first-order chi connectivity index (χ1) is 16.5. The van der Waals surface area contributed by atoms with Gasteiger partial charge < -0.3 is 28.6 Å². The van der Waals surface area contributed by atoms with E-state index in [-0.39, 0.29) is 23.4 Å². The molecule has 2 aromatic carbocycles. The van der Waals surface area contributed by atoms with Crippen molar-refractivity contribution < 1.29 is 33.3 Å². The van der Waals surface area contributed by atoms with Gasteiger partial charge in [-0.2, -0.15) is 0 Å². The fourth-order valence-electron chi connectivity index (χ4n) is 4.09. The van der Waals surface area contributed by atoms with Crippen LogP contribution in [0.4, 0.5) is 0 Å². The van der Waals surface area contributed by atoms with Gasteiger partial charge >= 0.3 is 0 Å². The Labute approximate surface area is 197 Å². The van der Waals surface area contributed by atoms with Gasteiger partial charge in [-0.05, 0) is 48.9 Å². The molecule has 4 rings (SSSR count). The van der Waals surface area contributed by atoms with E-state index < -0.39 is 17.7 Å². The Morgan fingerprint density at radius 2 is 1.68 bits per heavy atom. The molecule has 8 nitrogen and oxygen atoms in total. The average Bonchev–Trinajstić information content (AvgIpc) is 3.46. The predicted octanol–water partition coefficient (Wildman–Crippen LogP) is 4.32. The van der Waals surface area contributed by atoms with E-state index in [0.717, 1.165) is 0 Å². The molecule has 1 saturated heterocycles. The third-order valence-electron chi connectivity index (χ3n) is 5.62. The number of rotatable bonds is 8. The van der Waals surface area contributed by atoms with Gasteiger partial charge in [0.25, 0.3) is 11.7 Å². The van der Waals surface area contributed by atoms with E-state index >= 15 is 0 Å². The lowest BCUT2D eigenvalue weighted by Gasteiger charge is -2.25. The summed E-state index contributed by atoms with van der Waals surface area (Å²) in [5.41, 5.74) is 0.757. The molecule has 1 aliphatic rings. The largest absolute Gasteiger partial charge is 0.506 e. The normalized spacial score (nSPS) is 17.1. The number of ether oxygens (including phenoxy) is 3. The SMILES string of the molecule is CCOc1ccc(C2/C(=C(\O)c3c(OC)cccc3OC)C(=O)C(=O)N2Cc2ccco2)cc1. The van der Waals surface area contributed by atoms with Crippen LogP contribution >= 0.6 is 0 Å². The zero-order valence-electron chi connectivity index (χ0n) is 19.1. The maximum Gasteiger partial charge on any atom is 0.296 e. The highest BCUT2D eigenvalue weighted by Crippen LogP contribution is 2.44. The average molecular weight is 463 g/mol. The van der Waals surface area contributed by atoms with Gasteiger partial charge in [-0.1, -0.05) is 18.2 Å². The van der Waals surface area contributed by atoms with Crippen molar-refractivity contribution in [3.63, 3.8) is 0 Å². The summed E-state index contributed by atoms with van der Waals surface area (Å²) in [5.74, 6) is -0.164. The zero-order valence-corrected chi connectivity index (χ0v) is 19.1. The van der Waals surface area contributed by atoms with Crippen LogP contribution in [0, 0.1) is 0 Å². The van der Waals surface area contributed by atoms with E-state index in [1.807, 2.05) is 6.92 Å². The molecule has 176 valence electrons. The molecule has 1 aromatic heterocycles. The molecule has 0 aliphatic carbocycles. The van der Waals surface area contributed by atoms with E-state index in [9.17, 15) is 14.7 Å². The number of likely N-dealkylation sites (tertiary alicyclic amines) is 1. The first-order valence-electron chi connectivity index (χ1n) is 10.7. The molecule has 1 aliphatic heterocycles. The fraction of sp³-hybridized carbons (Fsp3) is 0.231. The number of aliphatic hydroxyl groups is 1. The van der Waals surface area contributed by atoms with Crippen molar-refractivity contribution >= 4 is 17.4 Å². The summed E-state index contributed by atoms with van der Waals surface area (Å²) in [7, 11) is 2.90. The Morgan fingerprint density at radius 3 is 2.24 bits per heavy atom. The number of hydrogen-bond acceptors (Lipinski definition) is 7. The molecule has 0 bridgehead atoms. The molecule has 34 heavy (non-hydrogen) atoms. The Balaban J connectivity index is 1.90. The number of benzene rings is 2. The summed E-state index contributed by atoms with van der Waals surface area (Å²) in [5, 5.41) is 11.4. The molecule has 0 saturated carbocycles. The Bertz CT molecular complexity index is 1190. The second-order valence-corrected chi connectivity index (χ2v) is 7.55. The van der Waals surface area contributed by atoms with Crippen molar-refractivity contribution in [3.05, 3.63) is 83.3 Å². The van der Waals surface area contributed by atoms with Gasteiger partial charge in [0.2, 0.25) is 0 Å². The van der Waals surface area contributed by atoms with Gasteiger partial charge in [-0.25, -0.2) is 0 Å². The monoisotopic (exact) mass is 463 g/mol. The number of methoxy groups -OCH3 is 2. The molecule has 0 radical (unpaired) electrons. The molecule has 0 spiro atoms. The molecule has 1 N–H and O–H groups in total. The van der Waals surface area contributed by atoms with Gasteiger partial charge in [0.05, 0.1) is 45.2 Å². The highest BCUT2D eigenvalue weighted by atomic mass is 16.5. The smallest absolute Gasteiger partial charge is 0.296 e. The molecule has 3 aromatic rings. The Morgan fingerprint density at radius 1 is 1.00 bits per heavy atom. The minimum atomic E-state index is -0.865. The molecule has 1 unspecified atom stereocenters. The summed E-state index contributed by atoms with van der Waals surface area (Å²) < 4.78 is 21.8. The van der Waals surface area contributed by atoms with Crippen molar-refractivity contribution in [2.24, 2.45) is 0 Å². The van der Waals surface area contributed by atoms with Crippen LogP contribution in [0.2, 0.25) is 0 Å². The molecule has 2 heterocycles. The number of carbonyl (C=O) groups excluding carboxylic acids is 2. The summed E-state index contributed by atoms with van der Waals surface area (Å²) in [4.78, 5) is 27.8. The third-order valence-corrected chi connectivity index (χ3v) is 5.62. The molecular weight excluding hydrogens is 438 g/mol. The summed E-state index contributed by atoms with van der Waals surface area (Å²) in [6.07, 6.45) is 1.50. The minimum Gasteiger partial charge on any atom is -0.506 e. The zero-order chi connectivity index (χ0) is 24.2. The van der Waals surface area contributed by atoms with Gasteiger partial charge in [-0.15, -0.1) is 0 Å². The van der Waals surface area contributed by atoms with E-state index in [1.54, 1.807) is 54.6 Å². The van der Waals surface area contributed by atoms with Gasteiger partial charge in [0, 0.05) is 0 Å². The summed E-state index contributed by atoms with van der Waals surface area (Å²) in [6.45, 7) is 2.44. The van der Waals surface area contributed by atoms with E-state index in [2.05, 4.69) is 0 Å². The highest BCUT2D eigenvalue weighted by molar-refractivity contribution is 6.46. The number of furan rings is 1. The molecular formula is C26H25NO7. The van der Waals surface area contributed by atoms with E-state index in [4.69, 9.17) is 18.6 Å². The Kier molecular flexibility index (Phi) is 6.58. The topological polar surface area (TPSA) is 98.4 Å². The van der Waals surface area contributed by atoms with Crippen molar-refractivity contribution in [2.45, 2.75) is 19.5 Å². The van der Waals surface area contributed by atoms with Crippen LogP contribution in [-0.2, 0) is 16.1 Å². The number of amides is 1. The van der Waals surface area contributed by atoms with Crippen LogP contribution in [0.1, 0.15) is 29.9 Å². The number of nitrogens with zero attached hydrogens (tertiary/aromatic N) is 1. The number of aliphatic hydroxyl groups excluding tert-OH is 1. The van der Waals surface area contributed by atoms with Crippen LogP contribution in [0.25, 0.3) is 5.76 Å². The summed E-state index contributed by atoms with van der Waals surface area (Å²) in [6, 6.07) is 14.6. The third kappa shape index (κ3) is 4.10. The standard InChI is InChI=1S/C26H25NO7/c1-4-33-17-12-10-16(11-13-17)23-22(24(28)21-19(31-2)8-5-9-20(21)32-3)25(29)26(30)27(23)15-18-7-6-14-34-18/h5-14,23,28H,4,15H2,1-3H3/b24-22+. The lowest BCUT2D eigenvalue weighted by Crippen LogP contribution is -2.29. The lowest BCUT2D eigenvalue weighted by atomic mass is 9.94. The molecule has 1 atom stereocenters. The van der Waals surface area contributed by atoms with E-state index in [0.29, 0.717) is 35.2 Å². The van der Waals surface area contributed by atoms with Crippen LogP contribution in [0.15, 0.2) is 70.9 Å².